The van der Waals surface area contributed by atoms with Crippen molar-refractivity contribution in [2.75, 3.05) is 13.7 Å². The van der Waals surface area contributed by atoms with Crippen molar-refractivity contribution in [3.05, 3.63) is 30.0 Å². The predicted molar refractivity (Wildman–Crippen MR) is 88.3 cm³/mol. The number of methoxy groups -OCH3 is 1. The molecule has 1 aromatic carbocycles. The summed E-state index contributed by atoms with van der Waals surface area (Å²) in [7, 11) is 1.67. The average Bonchev–Trinajstić information content (AvgIpc) is 3.24. The van der Waals surface area contributed by atoms with E-state index in [1.807, 2.05) is 24.4 Å². The van der Waals surface area contributed by atoms with E-state index in [0.29, 0.717) is 0 Å². The monoisotopic (exact) mass is 300 g/mol. The molecule has 1 aliphatic carbocycles. The number of fused-ring (bicyclic) bond motifs is 1. The van der Waals surface area contributed by atoms with Crippen molar-refractivity contribution in [2.24, 2.45) is 0 Å². The molecule has 1 saturated carbocycles. The van der Waals surface area contributed by atoms with Gasteiger partial charge in [-0.1, -0.05) is 19.8 Å². The molecule has 1 aliphatic rings. The van der Waals surface area contributed by atoms with Gasteiger partial charge in [-0.3, -0.25) is 4.79 Å². The van der Waals surface area contributed by atoms with Gasteiger partial charge in [0.15, 0.2) is 0 Å². The van der Waals surface area contributed by atoms with Crippen molar-refractivity contribution in [1.29, 1.82) is 0 Å². The summed E-state index contributed by atoms with van der Waals surface area (Å²) in [4.78, 5) is 15.9. The third kappa shape index (κ3) is 2.58. The van der Waals surface area contributed by atoms with E-state index in [2.05, 4.69) is 17.2 Å². The van der Waals surface area contributed by atoms with Crippen molar-refractivity contribution in [3.8, 4) is 5.75 Å². The lowest BCUT2D eigenvalue weighted by atomic mass is 9.94. The first-order valence-corrected chi connectivity index (χ1v) is 8.15. The molecule has 0 saturated heterocycles. The van der Waals surface area contributed by atoms with Gasteiger partial charge in [0.1, 0.15) is 5.75 Å². The van der Waals surface area contributed by atoms with E-state index in [1.54, 1.807) is 7.11 Å². The van der Waals surface area contributed by atoms with Crippen molar-refractivity contribution < 1.29 is 9.53 Å². The van der Waals surface area contributed by atoms with Crippen molar-refractivity contribution >= 4 is 16.8 Å². The first-order valence-electron chi connectivity index (χ1n) is 8.15. The number of rotatable bonds is 7. The summed E-state index contributed by atoms with van der Waals surface area (Å²) in [5.41, 5.74) is 1.83. The second kappa shape index (κ2) is 6.03. The molecule has 118 valence electrons. The Kier molecular flexibility index (Phi) is 4.10. The van der Waals surface area contributed by atoms with Crippen LogP contribution in [0, 0.1) is 0 Å². The summed E-state index contributed by atoms with van der Waals surface area (Å²) in [6, 6.07) is 5.96. The zero-order valence-corrected chi connectivity index (χ0v) is 13.4. The average molecular weight is 300 g/mol. The number of carbonyl (C=O) groups is 1. The lowest BCUT2D eigenvalue weighted by Crippen LogP contribution is -2.35. The van der Waals surface area contributed by atoms with E-state index in [0.717, 1.165) is 54.4 Å². The molecule has 2 N–H and O–H groups in total. The fraction of sp³-hybridized carbons (Fsp3) is 0.500. The summed E-state index contributed by atoms with van der Waals surface area (Å²) in [5.74, 6) is 1.000. The Morgan fingerprint density at radius 3 is 2.86 bits per heavy atom. The molecule has 0 bridgehead atoms. The number of hydrogen-bond acceptors (Lipinski definition) is 2. The van der Waals surface area contributed by atoms with Gasteiger partial charge in [0.05, 0.1) is 12.5 Å². The predicted octanol–water partition coefficient (Wildman–Crippen LogP) is 3.51. The standard InChI is InChI=1S/C18H24N2O2/c1-3-4-5-10-19-17(21)18(8-9-18)15-12-20-16-7-6-13(22-2)11-14(15)16/h6-7,11-12,20H,3-5,8-10H2,1-2H3,(H,19,21). The summed E-state index contributed by atoms with van der Waals surface area (Å²) < 4.78 is 5.32. The molecule has 22 heavy (non-hydrogen) atoms. The van der Waals surface area contributed by atoms with Gasteiger partial charge >= 0.3 is 0 Å². The van der Waals surface area contributed by atoms with E-state index in [4.69, 9.17) is 4.74 Å². The lowest BCUT2D eigenvalue weighted by molar-refractivity contribution is -0.123. The van der Waals surface area contributed by atoms with E-state index < -0.39 is 0 Å². The molecule has 0 radical (unpaired) electrons. The maximum Gasteiger partial charge on any atom is 0.230 e. The summed E-state index contributed by atoms with van der Waals surface area (Å²) in [6.45, 7) is 2.95. The summed E-state index contributed by atoms with van der Waals surface area (Å²) in [5, 5.41) is 4.22. The maximum absolute atomic E-state index is 12.6. The third-order valence-electron chi connectivity index (χ3n) is 4.66. The zero-order valence-electron chi connectivity index (χ0n) is 13.4. The Balaban J connectivity index is 1.82. The topological polar surface area (TPSA) is 54.1 Å². The van der Waals surface area contributed by atoms with Crippen molar-refractivity contribution in [2.45, 2.75) is 44.4 Å². The highest BCUT2D eigenvalue weighted by Gasteiger charge is 2.52. The van der Waals surface area contributed by atoms with Gasteiger partial charge in [-0.25, -0.2) is 0 Å². The van der Waals surface area contributed by atoms with Crippen LogP contribution in [0.1, 0.15) is 44.6 Å². The highest BCUT2D eigenvalue weighted by molar-refractivity contribution is 5.97. The van der Waals surface area contributed by atoms with Crippen LogP contribution in [0.15, 0.2) is 24.4 Å². The van der Waals surface area contributed by atoms with Gasteiger partial charge in [0.25, 0.3) is 0 Å². The fourth-order valence-electron chi connectivity index (χ4n) is 3.11. The molecule has 0 atom stereocenters. The minimum atomic E-state index is -0.336. The number of nitrogens with one attached hydrogen (secondary N) is 2. The Morgan fingerprint density at radius 1 is 1.36 bits per heavy atom. The van der Waals surface area contributed by atoms with E-state index in [-0.39, 0.29) is 11.3 Å². The van der Waals surface area contributed by atoms with Gasteiger partial charge in [-0.2, -0.15) is 0 Å². The quantitative estimate of drug-likeness (QED) is 0.769. The van der Waals surface area contributed by atoms with Crippen LogP contribution in [0.25, 0.3) is 10.9 Å². The smallest absolute Gasteiger partial charge is 0.230 e. The Bertz CT molecular complexity index is 671. The number of H-pyrrole nitrogens is 1. The van der Waals surface area contributed by atoms with Crippen LogP contribution in [0.5, 0.6) is 5.75 Å². The molecule has 4 nitrogen and oxygen atoms in total. The van der Waals surface area contributed by atoms with Gasteiger partial charge in [-0.05, 0) is 43.0 Å². The van der Waals surface area contributed by atoms with E-state index in [9.17, 15) is 4.79 Å². The highest BCUT2D eigenvalue weighted by atomic mass is 16.5. The molecule has 0 unspecified atom stereocenters. The maximum atomic E-state index is 12.6. The first-order chi connectivity index (χ1) is 10.7. The molecule has 0 aliphatic heterocycles. The van der Waals surface area contributed by atoms with E-state index in [1.165, 1.54) is 6.42 Å². The third-order valence-corrected chi connectivity index (χ3v) is 4.66. The van der Waals surface area contributed by atoms with Crippen molar-refractivity contribution in [1.82, 2.24) is 10.3 Å². The summed E-state index contributed by atoms with van der Waals surface area (Å²) in [6.07, 6.45) is 7.23. The van der Waals surface area contributed by atoms with Gasteiger partial charge in [0, 0.05) is 23.6 Å². The Morgan fingerprint density at radius 2 is 2.18 bits per heavy atom. The number of aromatic nitrogens is 1. The van der Waals surface area contributed by atoms with Crippen LogP contribution in [0.4, 0.5) is 0 Å². The lowest BCUT2D eigenvalue weighted by Gasteiger charge is -2.15. The molecule has 4 heteroatoms. The number of amides is 1. The molecule has 1 fully saturated rings. The number of unbranched alkanes of at least 4 members (excludes halogenated alkanes) is 2. The molecule has 1 amide bonds. The number of carbonyl (C=O) groups excluding carboxylic acids is 1. The largest absolute Gasteiger partial charge is 0.497 e. The van der Waals surface area contributed by atoms with E-state index >= 15 is 0 Å². The van der Waals surface area contributed by atoms with Gasteiger partial charge in [0.2, 0.25) is 5.91 Å². The minimum Gasteiger partial charge on any atom is -0.497 e. The highest BCUT2D eigenvalue weighted by Crippen LogP contribution is 2.51. The second-order valence-corrected chi connectivity index (χ2v) is 6.16. The number of benzene rings is 1. The second-order valence-electron chi connectivity index (χ2n) is 6.16. The Hall–Kier alpha value is -1.97. The fourth-order valence-corrected chi connectivity index (χ4v) is 3.11. The molecule has 3 rings (SSSR count). The normalized spacial score (nSPS) is 15.7. The molecule has 1 heterocycles. The molecular weight excluding hydrogens is 276 g/mol. The Labute approximate surface area is 131 Å². The SMILES string of the molecule is CCCCCNC(=O)C1(c2c[nH]c3ccc(OC)cc23)CC1. The number of hydrogen-bond donors (Lipinski definition) is 2. The van der Waals surface area contributed by atoms with Crippen LogP contribution in [-0.4, -0.2) is 24.5 Å². The zero-order chi connectivity index (χ0) is 15.6. The number of ether oxygens (including phenoxy) is 1. The van der Waals surface area contributed by atoms with Crippen LogP contribution in [0.2, 0.25) is 0 Å². The van der Waals surface area contributed by atoms with Crippen LogP contribution < -0.4 is 10.1 Å². The van der Waals surface area contributed by atoms with Crippen molar-refractivity contribution in [3.63, 3.8) is 0 Å². The van der Waals surface area contributed by atoms with Crippen LogP contribution in [0.3, 0.4) is 0 Å². The number of aromatic amines is 1. The summed E-state index contributed by atoms with van der Waals surface area (Å²) >= 11 is 0. The molecule has 0 spiro atoms. The first kappa shape index (κ1) is 14.9. The minimum absolute atomic E-state index is 0.173. The van der Waals surface area contributed by atoms with Crippen LogP contribution in [-0.2, 0) is 10.2 Å². The molecule has 1 aromatic heterocycles. The van der Waals surface area contributed by atoms with Gasteiger partial charge < -0.3 is 15.0 Å². The molecular formula is C18H24N2O2. The molecule has 2 aromatic rings. The van der Waals surface area contributed by atoms with Gasteiger partial charge in [-0.15, -0.1) is 0 Å². The van der Waals surface area contributed by atoms with Crippen LogP contribution >= 0.6 is 0 Å².